The Morgan fingerprint density at radius 2 is 2.08 bits per heavy atom. The van der Waals surface area contributed by atoms with E-state index in [1.165, 1.54) is 12.1 Å². The van der Waals surface area contributed by atoms with E-state index >= 15 is 0 Å². The van der Waals surface area contributed by atoms with Crippen molar-refractivity contribution in [3.63, 3.8) is 0 Å². The van der Waals surface area contributed by atoms with E-state index in [0.717, 1.165) is 42.1 Å². The lowest BCUT2D eigenvalue weighted by molar-refractivity contribution is -0.130. The summed E-state index contributed by atoms with van der Waals surface area (Å²) in [5, 5.41) is 7.82. The number of amides is 1. The van der Waals surface area contributed by atoms with Crippen LogP contribution in [0.2, 0.25) is 0 Å². The van der Waals surface area contributed by atoms with Gasteiger partial charge in [0.25, 0.3) is 0 Å². The topological polar surface area (TPSA) is 50.2 Å². The largest absolute Gasteiger partial charge is 0.341 e. The van der Waals surface area contributed by atoms with Gasteiger partial charge >= 0.3 is 0 Å². The summed E-state index contributed by atoms with van der Waals surface area (Å²) in [6, 6.07) is 6.48. The number of aromatic nitrogens is 2. The first-order valence-electron chi connectivity index (χ1n) is 8.25. The molecule has 1 aliphatic rings. The second-order valence-electron chi connectivity index (χ2n) is 6.37. The van der Waals surface area contributed by atoms with E-state index in [1.54, 1.807) is 16.8 Å². The van der Waals surface area contributed by atoms with Crippen molar-refractivity contribution in [2.24, 2.45) is 0 Å². The number of likely N-dealkylation sites (N-methyl/N-ethyl adjacent to an activating group) is 1. The van der Waals surface area contributed by atoms with E-state index in [9.17, 15) is 9.18 Å². The Morgan fingerprint density at radius 1 is 1.38 bits per heavy atom. The maximum atomic E-state index is 13.1. The van der Waals surface area contributed by atoms with Crippen LogP contribution in [0.5, 0.6) is 0 Å². The Bertz CT molecular complexity index is 732. The molecule has 0 spiro atoms. The molecule has 1 aliphatic heterocycles. The molecule has 3 rings (SSSR count). The highest BCUT2D eigenvalue weighted by Gasteiger charge is 2.25. The molecule has 1 saturated heterocycles. The van der Waals surface area contributed by atoms with Gasteiger partial charge in [0.05, 0.1) is 17.8 Å². The normalized spacial score (nSPS) is 17.2. The highest BCUT2D eigenvalue weighted by atomic mass is 19.1. The molecule has 6 heteroatoms. The molecular weight excluding hydrogens is 307 g/mol. The van der Waals surface area contributed by atoms with Crippen molar-refractivity contribution in [3.05, 3.63) is 47.0 Å². The SMILES string of the molecule is Cc1nn(-c2ccc(F)cc2)c(C)c1CC(=O)N(C)[C@@H]1CCNC1. The first-order valence-corrected chi connectivity index (χ1v) is 8.25. The zero-order valence-corrected chi connectivity index (χ0v) is 14.3. The molecule has 0 radical (unpaired) electrons. The van der Waals surface area contributed by atoms with Gasteiger partial charge in [-0.25, -0.2) is 9.07 Å². The number of rotatable bonds is 4. The Hall–Kier alpha value is -2.21. The van der Waals surface area contributed by atoms with E-state index in [2.05, 4.69) is 10.4 Å². The van der Waals surface area contributed by atoms with E-state index in [1.807, 2.05) is 25.8 Å². The average molecular weight is 330 g/mol. The number of aryl methyl sites for hydroxylation is 1. The van der Waals surface area contributed by atoms with Crippen LogP contribution >= 0.6 is 0 Å². The van der Waals surface area contributed by atoms with Crippen molar-refractivity contribution >= 4 is 5.91 Å². The number of carbonyl (C=O) groups is 1. The summed E-state index contributed by atoms with van der Waals surface area (Å²) in [6.45, 7) is 5.67. The van der Waals surface area contributed by atoms with Crippen molar-refractivity contribution in [3.8, 4) is 5.69 Å². The summed E-state index contributed by atoms with van der Waals surface area (Å²) in [6.07, 6.45) is 1.33. The first kappa shape index (κ1) is 16.6. The number of nitrogens with zero attached hydrogens (tertiary/aromatic N) is 3. The lowest BCUT2D eigenvalue weighted by Gasteiger charge is -2.23. The van der Waals surface area contributed by atoms with Gasteiger partial charge < -0.3 is 10.2 Å². The molecule has 24 heavy (non-hydrogen) atoms. The summed E-state index contributed by atoms with van der Waals surface area (Å²) in [7, 11) is 1.87. The number of benzene rings is 1. The zero-order valence-electron chi connectivity index (χ0n) is 14.3. The summed E-state index contributed by atoms with van der Waals surface area (Å²) in [4.78, 5) is 14.4. The van der Waals surface area contributed by atoms with Gasteiger partial charge in [-0.05, 0) is 51.1 Å². The van der Waals surface area contributed by atoms with Gasteiger partial charge in [0.15, 0.2) is 0 Å². The predicted molar refractivity (Wildman–Crippen MR) is 90.7 cm³/mol. The lowest BCUT2D eigenvalue weighted by atomic mass is 10.1. The fraction of sp³-hybridized carbons (Fsp3) is 0.444. The molecule has 0 aliphatic carbocycles. The minimum absolute atomic E-state index is 0.105. The quantitative estimate of drug-likeness (QED) is 0.933. The maximum Gasteiger partial charge on any atom is 0.227 e. The van der Waals surface area contributed by atoms with Crippen molar-refractivity contribution < 1.29 is 9.18 Å². The Kier molecular flexibility index (Phi) is 4.66. The van der Waals surface area contributed by atoms with Crippen LogP contribution in [-0.2, 0) is 11.2 Å². The van der Waals surface area contributed by atoms with Gasteiger partial charge in [0.1, 0.15) is 5.82 Å². The summed E-state index contributed by atoms with van der Waals surface area (Å²) >= 11 is 0. The van der Waals surface area contributed by atoms with Crippen molar-refractivity contribution in [1.82, 2.24) is 20.0 Å². The van der Waals surface area contributed by atoms with Crippen molar-refractivity contribution in [2.75, 3.05) is 20.1 Å². The summed E-state index contributed by atoms with van der Waals surface area (Å²) in [5.74, 6) is -0.170. The fourth-order valence-corrected chi connectivity index (χ4v) is 3.21. The molecule has 2 heterocycles. The van der Waals surface area contributed by atoms with E-state index in [4.69, 9.17) is 0 Å². The summed E-state index contributed by atoms with van der Waals surface area (Å²) in [5.41, 5.74) is 3.50. The van der Waals surface area contributed by atoms with Crippen LogP contribution in [0.4, 0.5) is 4.39 Å². The van der Waals surface area contributed by atoms with E-state index in [-0.39, 0.29) is 17.8 Å². The Morgan fingerprint density at radius 3 is 2.71 bits per heavy atom. The number of carbonyl (C=O) groups excluding carboxylic acids is 1. The standard InChI is InChI=1S/C18H23FN4O/c1-12-17(10-18(24)22(3)16-8-9-20-11-16)13(2)23(21-12)15-6-4-14(19)5-7-15/h4-7,16,20H,8-11H2,1-3H3/t16-/m1/s1. The molecule has 1 aromatic carbocycles. The molecule has 1 amide bonds. The van der Waals surface area contributed by atoms with Crippen LogP contribution in [0, 0.1) is 19.7 Å². The van der Waals surface area contributed by atoms with Gasteiger partial charge in [-0.1, -0.05) is 0 Å². The molecule has 0 bridgehead atoms. The smallest absolute Gasteiger partial charge is 0.227 e. The first-order chi connectivity index (χ1) is 11.5. The molecule has 2 aromatic rings. The molecule has 0 saturated carbocycles. The third-order valence-corrected chi connectivity index (χ3v) is 4.82. The van der Waals surface area contributed by atoms with Crippen LogP contribution in [0.1, 0.15) is 23.4 Å². The van der Waals surface area contributed by atoms with Crippen LogP contribution in [0.3, 0.4) is 0 Å². The second kappa shape index (κ2) is 6.73. The minimum Gasteiger partial charge on any atom is -0.341 e. The van der Waals surface area contributed by atoms with Gasteiger partial charge in [-0.15, -0.1) is 0 Å². The fourth-order valence-electron chi connectivity index (χ4n) is 3.21. The van der Waals surface area contributed by atoms with Crippen molar-refractivity contribution in [1.29, 1.82) is 0 Å². The zero-order chi connectivity index (χ0) is 17.3. The molecule has 1 N–H and O–H groups in total. The van der Waals surface area contributed by atoms with Crippen molar-refractivity contribution in [2.45, 2.75) is 32.7 Å². The maximum absolute atomic E-state index is 13.1. The number of nitrogens with one attached hydrogen (secondary N) is 1. The Labute approximate surface area is 141 Å². The molecule has 0 unspecified atom stereocenters. The number of hydrogen-bond donors (Lipinski definition) is 1. The van der Waals surface area contributed by atoms with E-state index < -0.39 is 0 Å². The summed E-state index contributed by atoms with van der Waals surface area (Å²) < 4.78 is 14.9. The molecular formula is C18H23FN4O. The minimum atomic E-state index is -0.275. The second-order valence-corrected chi connectivity index (χ2v) is 6.37. The van der Waals surface area contributed by atoms with Crippen LogP contribution in [0.15, 0.2) is 24.3 Å². The molecule has 128 valence electrons. The van der Waals surface area contributed by atoms with Gasteiger partial charge in [-0.3, -0.25) is 4.79 Å². The average Bonchev–Trinajstić information content (AvgIpc) is 3.19. The monoisotopic (exact) mass is 330 g/mol. The third kappa shape index (κ3) is 3.19. The molecule has 5 nitrogen and oxygen atoms in total. The van der Waals surface area contributed by atoms with Gasteiger partial charge in [0.2, 0.25) is 5.91 Å². The molecule has 1 aromatic heterocycles. The molecule has 1 atom stereocenters. The number of halogens is 1. The highest BCUT2D eigenvalue weighted by Crippen LogP contribution is 2.20. The van der Waals surface area contributed by atoms with Gasteiger partial charge in [0, 0.05) is 30.9 Å². The predicted octanol–water partition coefficient (Wildman–Crippen LogP) is 1.99. The molecule has 1 fully saturated rings. The highest BCUT2D eigenvalue weighted by molar-refractivity contribution is 5.79. The van der Waals surface area contributed by atoms with Crippen LogP contribution < -0.4 is 5.32 Å². The third-order valence-electron chi connectivity index (χ3n) is 4.82. The van der Waals surface area contributed by atoms with E-state index in [0.29, 0.717) is 6.42 Å². The van der Waals surface area contributed by atoms with Gasteiger partial charge in [-0.2, -0.15) is 5.10 Å². The Balaban J connectivity index is 1.81. The lowest BCUT2D eigenvalue weighted by Crippen LogP contribution is -2.39. The van der Waals surface area contributed by atoms with Crippen LogP contribution in [0.25, 0.3) is 5.69 Å². The number of hydrogen-bond acceptors (Lipinski definition) is 3. The van der Waals surface area contributed by atoms with Crippen LogP contribution in [-0.4, -0.2) is 46.8 Å².